The van der Waals surface area contributed by atoms with Crippen molar-refractivity contribution in [3.05, 3.63) is 48.2 Å². The normalized spacial score (nSPS) is 10.0. The molecule has 0 aliphatic carbocycles. The summed E-state index contributed by atoms with van der Waals surface area (Å²) in [5, 5.41) is 0. The number of halogens is 1. The third kappa shape index (κ3) is 2.28. The van der Waals surface area contributed by atoms with Crippen LogP contribution in [0.25, 0.3) is 0 Å². The van der Waals surface area contributed by atoms with Crippen molar-refractivity contribution >= 4 is 0 Å². The van der Waals surface area contributed by atoms with Crippen LogP contribution >= 0.6 is 0 Å². The van der Waals surface area contributed by atoms with E-state index in [9.17, 15) is 4.39 Å². The number of benzene rings is 1. The Labute approximate surface area is 86.6 Å². The van der Waals surface area contributed by atoms with E-state index < -0.39 is 5.95 Å². The Morgan fingerprint density at radius 1 is 1.20 bits per heavy atom. The molecule has 0 fully saturated rings. The Morgan fingerprint density at radius 3 is 2.73 bits per heavy atom. The van der Waals surface area contributed by atoms with Crippen molar-refractivity contribution in [2.75, 3.05) is 0 Å². The number of ether oxygens (including phenoxy) is 1. The standard InChI is InChI=1S/C11H9FN2O/c1-8-4-2-3-5-9(8)15-11-6-10(12)13-7-14-11/h2-7H,1H3. The molecular formula is C11H9FN2O. The van der Waals surface area contributed by atoms with Gasteiger partial charge in [0.05, 0.1) is 6.07 Å². The van der Waals surface area contributed by atoms with Gasteiger partial charge in [0.1, 0.15) is 12.1 Å². The number of nitrogens with zero attached hydrogens (tertiary/aromatic N) is 2. The zero-order valence-corrected chi connectivity index (χ0v) is 8.14. The smallest absolute Gasteiger partial charge is 0.225 e. The summed E-state index contributed by atoms with van der Waals surface area (Å²) < 4.78 is 18.1. The minimum absolute atomic E-state index is 0.205. The molecule has 0 spiro atoms. The topological polar surface area (TPSA) is 35.0 Å². The first kappa shape index (κ1) is 9.58. The molecule has 4 heteroatoms. The van der Waals surface area contributed by atoms with Gasteiger partial charge in [-0.25, -0.2) is 9.97 Å². The second-order valence-corrected chi connectivity index (χ2v) is 3.05. The van der Waals surface area contributed by atoms with Crippen molar-refractivity contribution in [3.63, 3.8) is 0 Å². The largest absolute Gasteiger partial charge is 0.439 e. The molecule has 15 heavy (non-hydrogen) atoms. The predicted octanol–water partition coefficient (Wildman–Crippen LogP) is 2.72. The van der Waals surface area contributed by atoms with E-state index in [1.54, 1.807) is 6.07 Å². The fourth-order valence-corrected chi connectivity index (χ4v) is 1.16. The van der Waals surface area contributed by atoms with Gasteiger partial charge in [-0.05, 0) is 18.6 Å². The Hall–Kier alpha value is -1.97. The quantitative estimate of drug-likeness (QED) is 0.705. The van der Waals surface area contributed by atoms with Gasteiger partial charge in [-0.3, -0.25) is 0 Å². The third-order valence-corrected chi connectivity index (χ3v) is 1.92. The number of hydrogen-bond donors (Lipinski definition) is 0. The molecule has 2 aromatic rings. The fourth-order valence-electron chi connectivity index (χ4n) is 1.16. The van der Waals surface area contributed by atoms with E-state index in [2.05, 4.69) is 9.97 Å². The Bertz CT molecular complexity index is 474. The summed E-state index contributed by atoms with van der Waals surface area (Å²) in [7, 11) is 0. The van der Waals surface area contributed by atoms with Crippen LogP contribution in [0, 0.1) is 12.9 Å². The molecule has 0 aliphatic heterocycles. The summed E-state index contributed by atoms with van der Waals surface area (Å²) in [6.07, 6.45) is 1.13. The number of aryl methyl sites for hydroxylation is 1. The molecule has 0 amide bonds. The first-order chi connectivity index (χ1) is 7.25. The van der Waals surface area contributed by atoms with Gasteiger partial charge in [0.25, 0.3) is 0 Å². The Kier molecular flexibility index (Phi) is 2.58. The van der Waals surface area contributed by atoms with E-state index in [-0.39, 0.29) is 5.88 Å². The average Bonchev–Trinajstić information content (AvgIpc) is 2.22. The van der Waals surface area contributed by atoms with Crippen LogP contribution < -0.4 is 4.74 Å². The highest BCUT2D eigenvalue weighted by Crippen LogP contribution is 2.22. The van der Waals surface area contributed by atoms with Crippen LogP contribution in [-0.2, 0) is 0 Å². The molecule has 0 aliphatic rings. The zero-order valence-electron chi connectivity index (χ0n) is 8.14. The maximum Gasteiger partial charge on any atom is 0.225 e. The fraction of sp³-hybridized carbons (Fsp3) is 0.0909. The molecule has 1 heterocycles. The van der Waals surface area contributed by atoms with Crippen LogP contribution in [0.3, 0.4) is 0 Å². The van der Waals surface area contributed by atoms with Crippen molar-refractivity contribution in [3.8, 4) is 11.6 Å². The number of para-hydroxylation sites is 1. The minimum atomic E-state index is -0.603. The molecule has 0 bridgehead atoms. The molecule has 0 atom stereocenters. The van der Waals surface area contributed by atoms with E-state index in [4.69, 9.17) is 4.74 Å². The SMILES string of the molecule is Cc1ccccc1Oc1cc(F)ncn1. The van der Waals surface area contributed by atoms with E-state index >= 15 is 0 Å². The van der Waals surface area contributed by atoms with Crippen molar-refractivity contribution in [2.24, 2.45) is 0 Å². The van der Waals surface area contributed by atoms with Gasteiger partial charge < -0.3 is 4.74 Å². The van der Waals surface area contributed by atoms with Crippen LogP contribution in [0.5, 0.6) is 11.6 Å². The summed E-state index contributed by atoms with van der Waals surface area (Å²) in [6.45, 7) is 1.91. The molecule has 1 aromatic heterocycles. The highest BCUT2D eigenvalue weighted by Gasteiger charge is 2.02. The van der Waals surface area contributed by atoms with Crippen LogP contribution in [0.1, 0.15) is 5.56 Å². The van der Waals surface area contributed by atoms with Gasteiger partial charge in [-0.1, -0.05) is 18.2 Å². The highest BCUT2D eigenvalue weighted by atomic mass is 19.1. The summed E-state index contributed by atoms with van der Waals surface area (Å²) in [6, 6.07) is 8.61. The van der Waals surface area contributed by atoms with Crippen LogP contribution in [0.2, 0.25) is 0 Å². The predicted molar refractivity (Wildman–Crippen MR) is 53.2 cm³/mol. The van der Waals surface area contributed by atoms with Crippen LogP contribution in [-0.4, -0.2) is 9.97 Å². The van der Waals surface area contributed by atoms with E-state index in [0.29, 0.717) is 5.75 Å². The second kappa shape index (κ2) is 4.04. The summed E-state index contributed by atoms with van der Waals surface area (Å²) in [5.74, 6) is 0.265. The van der Waals surface area contributed by atoms with Crippen molar-refractivity contribution in [1.29, 1.82) is 0 Å². The molecule has 76 valence electrons. The molecule has 0 N–H and O–H groups in total. The maximum atomic E-state index is 12.7. The van der Waals surface area contributed by atoms with Crippen molar-refractivity contribution < 1.29 is 9.13 Å². The minimum Gasteiger partial charge on any atom is -0.439 e. The Balaban J connectivity index is 2.26. The number of aromatic nitrogens is 2. The molecule has 0 saturated carbocycles. The molecular weight excluding hydrogens is 195 g/mol. The summed E-state index contributed by atoms with van der Waals surface area (Å²) in [4.78, 5) is 7.15. The lowest BCUT2D eigenvalue weighted by atomic mass is 10.2. The second-order valence-electron chi connectivity index (χ2n) is 3.05. The first-order valence-corrected chi connectivity index (χ1v) is 4.47. The lowest BCUT2D eigenvalue weighted by Gasteiger charge is -2.06. The zero-order chi connectivity index (χ0) is 10.7. The number of hydrogen-bond acceptors (Lipinski definition) is 3. The van der Waals surface area contributed by atoms with Gasteiger partial charge in [-0.15, -0.1) is 0 Å². The van der Waals surface area contributed by atoms with Gasteiger partial charge in [0.15, 0.2) is 0 Å². The third-order valence-electron chi connectivity index (χ3n) is 1.92. The summed E-state index contributed by atoms with van der Waals surface area (Å²) >= 11 is 0. The Morgan fingerprint density at radius 2 is 2.00 bits per heavy atom. The van der Waals surface area contributed by atoms with Gasteiger partial charge in [0, 0.05) is 0 Å². The van der Waals surface area contributed by atoms with Gasteiger partial charge in [0.2, 0.25) is 11.8 Å². The molecule has 3 nitrogen and oxygen atoms in total. The number of rotatable bonds is 2. The van der Waals surface area contributed by atoms with Gasteiger partial charge >= 0.3 is 0 Å². The molecule has 0 saturated heterocycles. The first-order valence-electron chi connectivity index (χ1n) is 4.47. The van der Waals surface area contributed by atoms with Crippen molar-refractivity contribution in [2.45, 2.75) is 6.92 Å². The summed E-state index contributed by atoms with van der Waals surface area (Å²) in [5.41, 5.74) is 0.969. The molecule has 2 rings (SSSR count). The van der Waals surface area contributed by atoms with Gasteiger partial charge in [-0.2, -0.15) is 4.39 Å². The molecule has 0 unspecified atom stereocenters. The maximum absolute atomic E-state index is 12.7. The van der Waals surface area contributed by atoms with Crippen molar-refractivity contribution in [1.82, 2.24) is 9.97 Å². The van der Waals surface area contributed by atoms with E-state index in [0.717, 1.165) is 18.0 Å². The molecule has 0 radical (unpaired) electrons. The van der Waals surface area contributed by atoms with Crippen LogP contribution in [0.4, 0.5) is 4.39 Å². The van der Waals surface area contributed by atoms with E-state index in [1.807, 2.05) is 25.1 Å². The molecule has 1 aromatic carbocycles. The average molecular weight is 204 g/mol. The lowest BCUT2D eigenvalue weighted by Crippen LogP contribution is -1.92. The highest BCUT2D eigenvalue weighted by molar-refractivity contribution is 5.34. The van der Waals surface area contributed by atoms with E-state index in [1.165, 1.54) is 0 Å². The van der Waals surface area contributed by atoms with Crippen LogP contribution in [0.15, 0.2) is 36.7 Å². The lowest BCUT2D eigenvalue weighted by molar-refractivity contribution is 0.447. The monoisotopic (exact) mass is 204 g/mol.